The van der Waals surface area contributed by atoms with Gasteiger partial charge in [-0.1, -0.05) is 60.7 Å². The number of hydrogen-bond acceptors (Lipinski definition) is 2. The number of aromatic nitrogens is 1. The van der Waals surface area contributed by atoms with Gasteiger partial charge in [0.1, 0.15) is 0 Å². The Morgan fingerprint density at radius 2 is 1.62 bits per heavy atom. The molecule has 0 saturated carbocycles. The minimum Gasteiger partial charge on any atom is -0.466 e. The monoisotopic (exact) mass is 339 g/mol. The van der Waals surface area contributed by atoms with Crippen LogP contribution in [0.25, 0.3) is 39.0 Å². The molecule has 0 N–H and O–H groups in total. The summed E-state index contributed by atoms with van der Waals surface area (Å²) < 4.78 is 7.29. The van der Waals surface area contributed by atoms with Crippen molar-refractivity contribution in [3.8, 4) is 11.1 Å². The fourth-order valence-electron chi connectivity index (χ4n) is 4.02. The molecule has 0 bridgehead atoms. The van der Waals surface area contributed by atoms with E-state index in [1.54, 1.807) is 0 Å². The molecule has 5 rings (SSSR count). The Balaban J connectivity index is 1.97. The van der Waals surface area contributed by atoms with Crippen molar-refractivity contribution in [2.75, 3.05) is 7.11 Å². The summed E-state index contributed by atoms with van der Waals surface area (Å²) in [7, 11) is 1.44. The highest BCUT2D eigenvalue weighted by molar-refractivity contribution is 6.14. The van der Waals surface area contributed by atoms with E-state index in [1.807, 2.05) is 24.3 Å². The fourth-order valence-corrected chi connectivity index (χ4v) is 4.02. The van der Waals surface area contributed by atoms with Crippen molar-refractivity contribution >= 4 is 33.9 Å². The summed E-state index contributed by atoms with van der Waals surface area (Å²) >= 11 is 0. The quantitative estimate of drug-likeness (QED) is 0.455. The lowest BCUT2D eigenvalue weighted by atomic mass is 9.95. The second-order valence-electron chi connectivity index (χ2n) is 6.55. The SMILES string of the molecule is COC(=O)/C1=C/c2ccccc2-c2cccc3c4ccccc4n(c23)C1. The first-order valence-electron chi connectivity index (χ1n) is 8.66. The fraction of sp³-hybridized carbons (Fsp3) is 0.0870. The summed E-state index contributed by atoms with van der Waals surface area (Å²) in [6, 6.07) is 23.0. The van der Waals surface area contributed by atoms with E-state index >= 15 is 0 Å². The van der Waals surface area contributed by atoms with Crippen LogP contribution in [-0.4, -0.2) is 17.6 Å². The highest BCUT2D eigenvalue weighted by Crippen LogP contribution is 2.39. The number of carbonyl (C=O) groups is 1. The lowest BCUT2D eigenvalue weighted by Gasteiger charge is -2.17. The Morgan fingerprint density at radius 3 is 2.50 bits per heavy atom. The molecule has 2 heterocycles. The van der Waals surface area contributed by atoms with Gasteiger partial charge in [0.15, 0.2) is 0 Å². The van der Waals surface area contributed by atoms with Crippen LogP contribution in [-0.2, 0) is 16.1 Å². The van der Waals surface area contributed by atoms with Crippen LogP contribution in [0.5, 0.6) is 0 Å². The van der Waals surface area contributed by atoms with Crippen LogP contribution in [0.2, 0.25) is 0 Å². The zero-order valence-corrected chi connectivity index (χ0v) is 14.4. The van der Waals surface area contributed by atoms with Gasteiger partial charge >= 0.3 is 5.97 Å². The van der Waals surface area contributed by atoms with Crippen molar-refractivity contribution < 1.29 is 9.53 Å². The van der Waals surface area contributed by atoms with Crippen molar-refractivity contribution in [1.29, 1.82) is 0 Å². The molecule has 3 nitrogen and oxygen atoms in total. The molecule has 0 amide bonds. The van der Waals surface area contributed by atoms with Gasteiger partial charge in [0.2, 0.25) is 0 Å². The summed E-state index contributed by atoms with van der Waals surface area (Å²) in [5, 5.41) is 2.41. The van der Waals surface area contributed by atoms with E-state index in [2.05, 4.69) is 53.1 Å². The first kappa shape index (κ1) is 15.0. The first-order chi connectivity index (χ1) is 12.8. The molecule has 1 aliphatic rings. The average Bonchev–Trinajstić information content (AvgIpc) is 3.00. The highest BCUT2D eigenvalue weighted by Gasteiger charge is 2.21. The number of fused-ring (bicyclic) bond motifs is 5. The number of esters is 1. The van der Waals surface area contributed by atoms with Gasteiger partial charge in [-0.2, -0.15) is 0 Å². The van der Waals surface area contributed by atoms with E-state index < -0.39 is 0 Å². The third-order valence-electron chi connectivity index (χ3n) is 5.15. The molecule has 1 aliphatic heterocycles. The van der Waals surface area contributed by atoms with Gasteiger partial charge in [-0.05, 0) is 23.3 Å². The summed E-state index contributed by atoms with van der Waals surface area (Å²) in [6.07, 6.45) is 1.96. The second kappa shape index (κ2) is 5.60. The third-order valence-corrected chi connectivity index (χ3v) is 5.15. The van der Waals surface area contributed by atoms with E-state index in [0.29, 0.717) is 12.1 Å². The van der Waals surface area contributed by atoms with Gasteiger partial charge in [0.25, 0.3) is 0 Å². The average molecular weight is 339 g/mol. The second-order valence-corrected chi connectivity index (χ2v) is 6.55. The van der Waals surface area contributed by atoms with Crippen molar-refractivity contribution in [1.82, 2.24) is 4.57 Å². The lowest BCUT2D eigenvalue weighted by molar-refractivity contribution is -0.136. The van der Waals surface area contributed by atoms with Crippen LogP contribution in [0.15, 0.2) is 72.3 Å². The Morgan fingerprint density at radius 1 is 0.885 bits per heavy atom. The Kier molecular flexibility index (Phi) is 3.22. The minimum atomic E-state index is -0.287. The van der Waals surface area contributed by atoms with Crippen LogP contribution in [0, 0.1) is 0 Å². The number of hydrogen-bond donors (Lipinski definition) is 0. The van der Waals surface area contributed by atoms with Crippen LogP contribution in [0.3, 0.4) is 0 Å². The number of methoxy groups -OCH3 is 1. The number of benzene rings is 3. The molecule has 3 heteroatoms. The Bertz CT molecular complexity index is 1210. The van der Waals surface area contributed by atoms with Crippen molar-refractivity contribution in [3.05, 3.63) is 77.9 Å². The molecule has 126 valence electrons. The predicted octanol–water partition coefficient (Wildman–Crippen LogP) is 5.03. The zero-order valence-electron chi connectivity index (χ0n) is 14.4. The van der Waals surface area contributed by atoms with Crippen LogP contribution < -0.4 is 0 Å². The number of ether oxygens (including phenoxy) is 1. The van der Waals surface area contributed by atoms with Gasteiger partial charge in [-0.3, -0.25) is 0 Å². The summed E-state index contributed by atoms with van der Waals surface area (Å²) in [5.74, 6) is -0.287. The van der Waals surface area contributed by atoms with Crippen LogP contribution in [0.1, 0.15) is 5.56 Å². The smallest absolute Gasteiger partial charge is 0.335 e. The summed E-state index contributed by atoms with van der Waals surface area (Å²) in [5.41, 5.74) is 6.30. The molecule has 3 aromatic carbocycles. The van der Waals surface area contributed by atoms with E-state index in [4.69, 9.17) is 4.74 Å². The van der Waals surface area contributed by atoms with Gasteiger partial charge < -0.3 is 9.30 Å². The van der Waals surface area contributed by atoms with Gasteiger partial charge in [0.05, 0.1) is 24.7 Å². The molecule has 1 aromatic heterocycles. The molecule has 0 aliphatic carbocycles. The first-order valence-corrected chi connectivity index (χ1v) is 8.66. The number of nitrogens with zero attached hydrogens (tertiary/aromatic N) is 1. The molecule has 0 spiro atoms. The topological polar surface area (TPSA) is 31.2 Å². The molecule has 0 atom stereocenters. The number of para-hydroxylation sites is 2. The number of carbonyl (C=O) groups excluding carboxylic acids is 1. The Labute approximate surface area is 151 Å². The summed E-state index contributed by atoms with van der Waals surface area (Å²) in [6.45, 7) is 0.488. The molecular formula is C23H17NO2. The normalized spacial score (nSPS) is 15.0. The third kappa shape index (κ3) is 2.04. The maximum Gasteiger partial charge on any atom is 0.335 e. The zero-order chi connectivity index (χ0) is 17.7. The highest BCUT2D eigenvalue weighted by atomic mass is 16.5. The molecule has 4 aromatic rings. The summed E-state index contributed by atoms with van der Waals surface area (Å²) in [4.78, 5) is 12.4. The van der Waals surface area contributed by atoms with Crippen molar-refractivity contribution in [2.45, 2.75) is 6.54 Å². The molecule has 0 radical (unpaired) electrons. The van der Waals surface area contributed by atoms with Crippen molar-refractivity contribution in [3.63, 3.8) is 0 Å². The molecule has 0 saturated heterocycles. The van der Waals surface area contributed by atoms with Crippen LogP contribution in [0.4, 0.5) is 0 Å². The van der Waals surface area contributed by atoms with E-state index in [9.17, 15) is 4.79 Å². The largest absolute Gasteiger partial charge is 0.466 e. The maximum atomic E-state index is 12.4. The standard InChI is InChI=1S/C23H17NO2/c1-26-23(25)16-13-15-7-2-3-8-17(15)19-10-6-11-20-18-9-4-5-12-21(18)24(14-16)22(19)20/h2-13H,14H2,1H3/b16-13+. The van der Waals surface area contributed by atoms with Gasteiger partial charge in [-0.25, -0.2) is 4.79 Å². The minimum absolute atomic E-state index is 0.287. The molecule has 26 heavy (non-hydrogen) atoms. The number of rotatable bonds is 1. The Hall–Kier alpha value is -3.33. The molecule has 0 unspecified atom stereocenters. The lowest BCUT2D eigenvalue weighted by Crippen LogP contribution is -2.13. The van der Waals surface area contributed by atoms with E-state index in [-0.39, 0.29) is 5.97 Å². The molecule has 0 fully saturated rings. The van der Waals surface area contributed by atoms with Gasteiger partial charge in [0, 0.05) is 21.9 Å². The van der Waals surface area contributed by atoms with Crippen molar-refractivity contribution in [2.24, 2.45) is 0 Å². The van der Waals surface area contributed by atoms with Crippen LogP contribution >= 0.6 is 0 Å². The van der Waals surface area contributed by atoms with E-state index in [1.165, 1.54) is 23.4 Å². The van der Waals surface area contributed by atoms with Gasteiger partial charge in [-0.15, -0.1) is 0 Å². The molecular weight excluding hydrogens is 322 g/mol. The maximum absolute atomic E-state index is 12.4. The van der Waals surface area contributed by atoms with E-state index in [0.717, 1.165) is 22.2 Å². The predicted molar refractivity (Wildman–Crippen MR) is 105 cm³/mol.